The third-order valence-electron chi connectivity index (χ3n) is 5.78. The Morgan fingerprint density at radius 2 is 2.14 bits per heavy atom. The summed E-state index contributed by atoms with van der Waals surface area (Å²) in [5.41, 5.74) is 2.28. The van der Waals surface area contributed by atoms with E-state index in [-0.39, 0.29) is 18.5 Å². The highest BCUT2D eigenvalue weighted by molar-refractivity contribution is 6.32. The van der Waals surface area contributed by atoms with Crippen LogP contribution >= 0.6 is 11.6 Å². The Balaban J connectivity index is 1.40. The summed E-state index contributed by atoms with van der Waals surface area (Å²) in [6, 6.07) is -0.280. The first-order valence-electron chi connectivity index (χ1n) is 9.51. The summed E-state index contributed by atoms with van der Waals surface area (Å²) in [4.78, 5) is 23.0. The number of anilines is 2. The summed E-state index contributed by atoms with van der Waals surface area (Å²) in [5.74, 6) is -4.03. The molecule has 0 radical (unpaired) electrons. The first-order chi connectivity index (χ1) is 13.8. The maximum Gasteiger partial charge on any atom is 0.260 e. The van der Waals surface area contributed by atoms with E-state index in [4.69, 9.17) is 11.6 Å². The Morgan fingerprint density at radius 1 is 1.34 bits per heavy atom. The molecule has 0 unspecified atom stereocenters. The SMILES string of the molecule is Cn1cc(Nc2ncc(Cl)c(C3=C[C@H]4CC[C@@H](C3)N4C(=O)[C@@H]3CC3(F)F)n2)cn1. The molecule has 0 aromatic carbocycles. The van der Waals surface area contributed by atoms with Gasteiger partial charge in [0.25, 0.3) is 5.92 Å². The average Bonchev–Trinajstić information content (AvgIpc) is 2.97. The van der Waals surface area contributed by atoms with Crippen molar-refractivity contribution in [3.63, 3.8) is 0 Å². The van der Waals surface area contributed by atoms with Gasteiger partial charge in [-0.3, -0.25) is 9.48 Å². The summed E-state index contributed by atoms with van der Waals surface area (Å²) in [5, 5.41) is 7.60. The van der Waals surface area contributed by atoms with Crippen molar-refractivity contribution in [3.8, 4) is 0 Å². The summed E-state index contributed by atoms with van der Waals surface area (Å²) >= 11 is 6.36. The van der Waals surface area contributed by atoms with Crippen LogP contribution in [0, 0.1) is 5.92 Å². The van der Waals surface area contributed by atoms with Crippen molar-refractivity contribution in [1.29, 1.82) is 0 Å². The second kappa shape index (κ2) is 6.48. The predicted molar refractivity (Wildman–Crippen MR) is 103 cm³/mol. The van der Waals surface area contributed by atoms with Crippen molar-refractivity contribution in [3.05, 3.63) is 35.4 Å². The van der Waals surface area contributed by atoms with E-state index >= 15 is 0 Å². The zero-order valence-electron chi connectivity index (χ0n) is 15.6. The second-order valence-corrected chi connectivity index (χ2v) is 8.28. The maximum atomic E-state index is 13.4. The molecule has 1 N–H and O–H groups in total. The van der Waals surface area contributed by atoms with E-state index in [1.165, 1.54) is 6.20 Å². The molecule has 1 amide bonds. The number of nitrogens with one attached hydrogen (secondary N) is 1. The number of hydrogen-bond donors (Lipinski definition) is 1. The molecule has 29 heavy (non-hydrogen) atoms. The monoisotopic (exact) mass is 420 g/mol. The normalized spacial score (nSPS) is 27.0. The number of carbonyl (C=O) groups is 1. The van der Waals surface area contributed by atoms with Gasteiger partial charge in [-0.1, -0.05) is 17.7 Å². The first-order valence-corrected chi connectivity index (χ1v) is 9.89. The molecule has 1 aliphatic carbocycles. The van der Waals surface area contributed by atoms with Gasteiger partial charge in [-0.2, -0.15) is 5.10 Å². The van der Waals surface area contributed by atoms with Gasteiger partial charge in [-0.25, -0.2) is 18.7 Å². The predicted octanol–water partition coefficient (Wildman–Crippen LogP) is 3.41. The standard InChI is InChI=1S/C19H19ClF2N6O/c1-27-9-11(7-24-27)25-18-23-8-15(20)16(26-18)10-4-12-2-3-13(5-10)28(12)17(29)14-6-19(14,21)22/h4,7-9,12-14H,2-3,5-6H2,1H3,(H,23,25,26)/t12-,13+,14+/m1/s1. The highest BCUT2D eigenvalue weighted by atomic mass is 35.5. The van der Waals surface area contributed by atoms with Crippen molar-refractivity contribution in [2.45, 2.75) is 43.7 Å². The van der Waals surface area contributed by atoms with Gasteiger partial charge in [-0.05, 0) is 24.8 Å². The van der Waals surface area contributed by atoms with Crippen LogP contribution in [-0.2, 0) is 11.8 Å². The average molecular weight is 421 g/mol. The number of carbonyl (C=O) groups excluding carboxylic acids is 1. The topological polar surface area (TPSA) is 75.9 Å². The fourth-order valence-electron chi connectivity index (χ4n) is 4.28. The molecule has 1 saturated heterocycles. The van der Waals surface area contributed by atoms with Crippen LogP contribution in [0.3, 0.4) is 0 Å². The zero-order valence-corrected chi connectivity index (χ0v) is 16.4. The molecule has 0 spiro atoms. The number of amides is 1. The van der Waals surface area contributed by atoms with E-state index in [1.807, 2.05) is 13.1 Å². The minimum Gasteiger partial charge on any atom is -0.332 e. The smallest absolute Gasteiger partial charge is 0.260 e. The number of nitrogens with zero attached hydrogens (tertiary/aromatic N) is 5. The molecule has 3 atom stereocenters. The van der Waals surface area contributed by atoms with Crippen LogP contribution in [0.15, 0.2) is 24.7 Å². The molecule has 5 rings (SSSR count). The highest BCUT2D eigenvalue weighted by Crippen LogP contribution is 2.51. The van der Waals surface area contributed by atoms with E-state index in [1.54, 1.807) is 22.0 Å². The van der Waals surface area contributed by atoms with Crippen LogP contribution in [0.25, 0.3) is 5.57 Å². The third-order valence-corrected chi connectivity index (χ3v) is 6.06. The van der Waals surface area contributed by atoms with Gasteiger partial charge < -0.3 is 10.2 Å². The molecule has 2 aliphatic heterocycles. The van der Waals surface area contributed by atoms with Crippen LogP contribution in [0.1, 0.15) is 31.4 Å². The van der Waals surface area contributed by atoms with Gasteiger partial charge in [0.2, 0.25) is 11.9 Å². The number of aryl methyl sites for hydroxylation is 1. The van der Waals surface area contributed by atoms with Crippen molar-refractivity contribution in [1.82, 2.24) is 24.6 Å². The fraction of sp³-hybridized carbons (Fsp3) is 0.474. The van der Waals surface area contributed by atoms with Gasteiger partial charge in [0.1, 0.15) is 5.92 Å². The summed E-state index contributed by atoms with van der Waals surface area (Å²) in [6.45, 7) is 0. The van der Waals surface area contributed by atoms with E-state index in [0.29, 0.717) is 23.1 Å². The molecule has 2 fully saturated rings. The Hall–Kier alpha value is -2.55. The molecule has 2 aromatic heterocycles. The van der Waals surface area contributed by atoms with Gasteiger partial charge in [0.15, 0.2) is 0 Å². The minimum atomic E-state index is -2.84. The van der Waals surface area contributed by atoms with Crippen molar-refractivity contribution < 1.29 is 13.6 Å². The maximum absolute atomic E-state index is 13.4. The lowest BCUT2D eigenvalue weighted by Crippen LogP contribution is -2.44. The molecule has 1 saturated carbocycles. The van der Waals surface area contributed by atoms with Crippen LogP contribution in [0.2, 0.25) is 5.02 Å². The number of rotatable bonds is 4. The summed E-state index contributed by atoms with van der Waals surface area (Å²) in [7, 11) is 1.81. The van der Waals surface area contributed by atoms with Gasteiger partial charge >= 0.3 is 0 Å². The quantitative estimate of drug-likeness (QED) is 0.820. The van der Waals surface area contributed by atoms with Crippen LogP contribution in [-0.4, -0.2) is 48.6 Å². The molecule has 4 heterocycles. The molecule has 3 aliphatic rings. The number of aromatic nitrogens is 4. The lowest BCUT2D eigenvalue weighted by Gasteiger charge is -2.34. The van der Waals surface area contributed by atoms with E-state index in [0.717, 1.165) is 24.1 Å². The molecular formula is C19H19ClF2N6O. The zero-order chi connectivity index (χ0) is 20.3. The van der Waals surface area contributed by atoms with Crippen molar-refractivity contribution in [2.75, 3.05) is 5.32 Å². The largest absolute Gasteiger partial charge is 0.332 e. The van der Waals surface area contributed by atoms with Crippen LogP contribution < -0.4 is 5.32 Å². The molecule has 152 valence electrons. The van der Waals surface area contributed by atoms with E-state index < -0.39 is 17.7 Å². The second-order valence-electron chi connectivity index (χ2n) is 7.88. The van der Waals surface area contributed by atoms with Gasteiger partial charge in [0.05, 0.1) is 34.8 Å². The Labute approximate surface area is 170 Å². The number of fused-ring (bicyclic) bond motifs is 2. The Kier molecular flexibility index (Phi) is 4.13. The van der Waals surface area contributed by atoms with Crippen LogP contribution in [0.4, 0.5) is 20.4 Å². The third kappa shape index (κ3) is 3.27. The van der Waals surface area contributed by atoms with Crippen molar-refractivity contribution in [2.24, 2.45) is 13.0 Å². The number of alkyl halides is 2. The van der Waals surface area contributed by atoms with E-state index in [2.05, 4.69) is 20.4 Å². The van der Waals surface area contributed by atoms with E-state index in [9.17, 15) is 13.6 Å². The summed E-state index contributed by atoms with van der Waals surface area (Å²) < 4.78 is 28.4. The first kappa shape index (κ1) is 18.5. The lowest BCUT2D eigenvalue weighted by molar-refractivity contribution is -0.137. The molecule has 2 aromatic rings. The molecule has 10 heteroatoms. The minimum absolute atomic E-state index is 0.0929. The van der Waals surface area contributed by atoms with Crippen molar-refractivity contribution >= 4 is 34.7 Å². The Morgan fingerprint density at radius 3 is 2.79 bits per heavy atom. The molecular weight excluding hydrogens is 402 g/mol. The summed E-state index contributed by atoms with van der Waals surface area (Å²) in [6.07, 6.45) is 8.71. The fourth-order valence-corrected chi connectivity index (χ4v) is 4.49. The lowest BCUT2D eigenvalue weighted by atomic mass is 9.97. The molecule has 2 bridgehead atoms. The molecule has 7 nitrogen and oxygen atoms in total. The van der Waals surface area contributed by atoms with Gasteiger partial charge in [-0.15, -0.1) is 0 Å². The number of hydrogen-bond acceptors (Lipinski definition) is 5. The van der Waals surface area contributed by atoms with Gasteiger partial charge in [0, 0.05) is 25.7 Å². The van der Waals surface area contributed by atoms with Crippen LogP contribution in [0.5, 0.6) is 0 Å². The Bertz CT molecular complexity index is 1020. The number of halogens is 3. The highest BCUT2D eigenvalue weighted by Gasteiger charge is 2.63.